The molecule has 0 unspecified atom stereocenters. The first kappa shape index (κ1) is 21.1. The van der Waals surface area contributed by atoms with E-state index < -0.39 is 5.60 Å². The second kappa shape index (κ2) is 10.8. The summed E-state index contributed by atoms with van der Waals surface area (Å²) < 4.78 is 0. The van der Waals surface area contributed by atoms with Crippen LogP contribution in [0, 0.1) is 5.92 Å². The molecule has 0 radical (unpaired) electrons. The van der Waals surface area contributed by atoms with Gasteiger partial charge in [0.15, 0.2) is 0 Å². The zero-order chi connectivity index (χ0) is 17.2. The Morgan fingerprint density at radius 1 is 0.955 bits per heavy atom. The third-order valence-corrected chi connectivity index (χ3v) is 4.15. The van der Waals surface area contributed by atoms with Gasteiger partial charge in [0.1, 0.15) is 0 Å². The van der Waals surface area contributed by atoms with Gasteiger partial charge in [-0.05, 0) is 73.6 Å². The highest BCUT2D eigenvalue weighted by Crippen LogP contribution is 2.27. The van der Waals surface area contributed by atoms with E-state index in [9.17, 15) is 10.2 Å². The predicted octanol–water partition coefficient (Wildman–Crippen LogP) is 5.18. The van der Waals surface area contributed by atoms with Crippen LogP contribution in [0.15, 0.2) is 34.9 Å². The van der Waals surface area contributed by atoms with Crippen LogP contribution >= 0.6 is 0 Å². The van der Waals surface area contributed by atoms with Gasteiger partial charge in [-0.15, -0.1) is 0 Å². The highest BCUT2D eigenvalue weighted by Gasteiger charge is 2.29. The lowest BCUT2D eigenvalue weighted by Crippen LogP contribution is -2.36. The normalized spacial score (nSPS) is 15.9. The number of allylic oxidation sites excluding steroid dienone is 6. The Hall–Kier alpha value is -0.860. The Labute approximate surface area is 137 Å². The average molecular weight is 309 g/mol. The van der Waals surface area contributed by atoms with Crippen LogP contribution in [0.3, 0.4) is 0 Å². The molecule has 0 saturated carbocycles. The van der Waals surface area contributed by atoms with Crippen molar-refractivity contribution in [3.8, 4) is 0 Å². The van der Waals surface area contributed by atoms with Crippen LogP contribution in [0.4, 0.5) is 0 Å². The van der Waals surface area contributed by atoms with Gasteiger partial charge in [0.2, 0.25) is 0 Å². The smallest absolute Gasteiger partial charge is 0.0675 e. The third-order valence-electron chi connectivity index (χ3n) is 4.15. The van der Waals surface area contributed by atoms with Gasteiger partial charge >= 0.3 is 0 Å². The number of hydrogen-bond donors (Lipinski definition) is 2. The Morgan fingerprint density at radius 2 is 1.50 bits per heavy atom. The number of aliphatic hydroxyl groups is 2. The van der Waals surface area contributed by atoms with Crippen molar-refractivity contribution in [2.24, 2.45) is 5.92 Å². The van der Waals surface area contributed by atoms with E-state index in [-0.39, 0.29) is 12.5 Å². The summed E-state index contributed by atoms with van der Waals surface area (Å²) >= 11 is 0. The first-order valence-electron chi connectivity index (χ1n) is 8.44. The number of aliphatic hydroxyl groups excluding tert-OH is 1. The Bertz CT molecular complexity index is 392. The molecule has 2 atom stereocenters. The van der Waals surface area contributed by atoms with Crippen molar-refractivity contribution in [1.82, 2.24) is 0 Å². The van der Waals surface area contributed by atoms with Gasteiger partial charge in [-0.2, -0.15) is 0 Å². The molecule has 0 fully saturated rings. The molecule has 0 aromatic heterocycles. The summed E-state index contributed by atoms with van der Waals surface area (Å²) in [5.41, 5.74) is 3.13. The maximum absolute atomic E-state index is 10.6. The molecule has 0 bridgehead atoms. The second-order valence-corrected chi connectivity index (χ2v) is 7.16. The fourth-order valence-corrected chi connectivity index (χ4v) is 2.42. The molecule has 0 aliphatic carbocycles. The van der Waals surface area contributed by atoms with Crippen molar-refractivity contribution in [3.63, 3.8) is 0 Å². The van der Waals surface area contributed by atoms with Gasteiger partial charge in [-0.1, -0.05) is 34.9 Å². The summed E-state index contributed by atoms with van der Waals surface area (Å²) in [7, 11) is 0. The lowest BCUT2D eigenvalue weighted by molar-refractivity contribution is -0.0289. The van der Waals surface area contributed by atoms with Crippen LogP contribution < -0.4 is 0 Å². The molecular formula is C20H36O2. The molecule has 0 rings (SSSR count). The average Bonchev–Trinajstić information content (AvgIpc) is 2.37. The molecule has 2 N–H and O–H groups in total. The molecule has 22 heavy (non-hydrogen) atoms. The van der Waals surface area contributed by atoms with E-state index >= 15 is 0 Å². The van der Waals surface area contributed by atoms with Gasteiger partial charge in [0, 0.05) is 12.5 Å². The van der Waals surface area contributed by atoms with Crippen LogP contribution in [0.2, 0.25) is 0 Å². The summed E-state index contributed by atoms with van der Waals surface area (Å²) in [5, 5.41) is 20.2. The monoisotopic (exact) mass is 308 g/mol. The molecule has 0 aliphatic heterocycles. The van der Waals surface area contributed by atoms with Crippen LogP contribution in [-0.2, 0) is 0 Å². The van der Waals surface area contributed by atoms with Crippen LogP contribution in [-0.4, -0.2) is 22.4 Å². The lowest BCUT2D eigenvalue weighted by Gasteiger charge is -2.31. The lowest BCUT2D eigenvalue weighted by atomic mass is 9.83. The summed E-state index contributed by atoms with van der Waals surface area (Å²) in [6.07, 6.45) is 11.0. The first-order valence-corrected chi connectivity index (χ1v) is 8.44. The maximum Gasteiger partial charge on any atom is 0.0675 e. The molecule has 0 spiro atoms. The minimum Gasteiger partial charge on any atom is -0.396 e. The molecule has 2 nitrogen and oxygen atoms in total. The molecule has 0 aliphatic rings. The quantitative estimate of drug-likeness (QED) is 0.546. The van der Waals surface area contributed by atoms with Crippen molar-refractivity contribution in [3.05, 3.63) is 34.9 Å². The van der Waals surface area contributed by atoms with Gasteiger partial charge in [0.25, 0.3) is 0 Å². The molecule has 2 heteroatoms. The fraction of sp³-hybridized carbons (Fsp3) is 0.700. The molecule has 0 saturated heterocycles. The standard InChI is InChI=1S/C20H36O2/c1-16(2)9-7-11-18(5)12-13-19(15-21)20(6,22)14-8-10-17(3)4/h9-10,12,19,21-22H,7-8,11,13-15H2,1-6H3/b18-12+/t19-,20+/m1/s1. The minimum atomic E-state index is -0.822. The van der Waals surface area contributed by atoms with Crippen LogP contribution in [0.5, 0.6) is 0 Å². The van der Waals surface area contributed by atoms with E-state index in [4.69, 9.17) is 0 Å². The summed E-state index contributed by atoms with van der Waals surface area (Å²) in [4.78, 5) is 0. The zero-order valence-electron chi connectivity index (χ0n) is 15.4. The van der Waals surface area contributed by atoms with Crippen LogP contribution in [0.1, 0.15) is 73.6 Å². The zero-order valence-corrected chi connectivity index (χ0v) is 15.4. The van der Waals surface area contributed by atoms with Crippen LogP contribution in [0.25, 0.3) is 0 Å². The van der Waals surface area contributed by atoms with E-state index in [2.05, 4.69) is 52.8 Å². The van der Waals surface area contributed by atoms with Crippen molar-refractivity contribution in [1.29, 1.82) is 0 Å². The highest BCUT2D eigenvalue weighted by molar-refractivity contribution is 5.04. The highest BCUT2D eigenvalue weighted by atomic mass is 16.3. The van der Waals surface area contributed by atoms with E-state index in [0.717, 1.165) is 25.7 Å². The summed E-state index contributed by atoms with van der Waals surface area (Å²) in [6.45, 7) is 12.4. The first-order chi connectivity index (χ1) is 10.2. The van der Waals surface area contributed by atoms with E-state index in [1.54, 1.807) is 0 Å². The molecule has 0 aromatic rings. The summed E-state index contributed by atoms with van der Waals surface area (Å²) in [6, 6.07) is 0. The molecule has 0 amide bonds. The van der Waals surface area contributed by atoms with Crippen molar-refractivity contribution in [2.45, 2.75) is 79.2 Å². The predicted molar refractivity (Wildman–Crippen MR) is 96.9 cm³/mol. The van der Waals surface area contributed by atoms with Gasteiger partial charge < -0.3 is 10.2 Å². The largest absolute Gasteiger partial charge is 0.396 e. The topological polar surface area (TPSA) is 40.5 Å². The van der Waals surface area contributed by atoms with E-state index in [0.29, 0.717) is 6.42 Å². The van der Waals surface area contributed by atoms with Gasteiger partial charge in [-0.25, -0.2) is 0 Å². The Morgan fingerprint density at radius 3 is 2.00 bits per heavy atom. The SMILES string of the molecule is CC(C)=CCC/C(C)=C/C[C@H](CO)[C@@](C)(O)CCC=C(C)C. The number of rotatable bonds is 10. The minimum absolute atomic E-state index is 0.0274. The van der Waals surface area contributed by atoms with E-state index in [1.807, 2.05) is 6.92 Å². The fourth-order valence-electron chi connectivity index (χ4n) is 2.42. The van der Waals surface area contributed by atoms with E-state index in [1.165, 1.54) is 16.7 Å². The molecule has 0 heterocycles. The molecule has 128 valence electrons. The van der Waals surface area contributed by atoms with Gasteiger partial charge in [-0.3, -0.25) is 0 Å². The summed E-state index contributed by atoms with van der Waals surface area (Å²) in [5.74, 6) is -0.100. The number of hydrogen-bond acceptors (Lipinski definition) is 2. The maximum atomic E-state index is 10.6. The molecule has 0 aromatic carbocycles. The molecular weight excluding hydrogens is 272 g/mol. The van der Waals surface area contributed by atoms with Crippen molar-refractivity contribution >= 4 is 0 Å². The Balaban J connectivity index is 4.49. The van der Waals surface area contributed by atoms with Crippen molar-refractivity contribution < 1.29 is 10.2 Å². The second-order valence-electron chi connectivity index (χ2n) is 7.16. The Kier molecular flexibility index (Phi) is 10.4. The van der Waals surface area contributed by atoms with Gasteiger partial charge in [0.05, 0.1) is 5.60 Å². The third kappa shape index (κ3) is 9.97. The van der Waals surface area contributed by atoms with Crippen molar-refractivity contribution in [2.75, 3.05) is 6.61 Å².